The van der Waals surface area contributed by atoms with Gasteiger partial charge in [0.05, 0.1) is 5.69 Å². The molecule has 0 spiro atoms. The monoisotopic (exact) mass is 294 g/mol. The van der Waals surface area contributed by atoms with Crippen LogP contribution in [0.5, 0.6) is 0 Å². The number of nitrogens with two attached hydrogens (primary N) is 1. The quantitative estimate of drug-likeness (QED) is 0.700. The Morgan fingerprint density at radius 2 is 2.37 bits per heavy atom. The van der Waals surface area contributed by atoms with E-state index >= 15 is 0 Å². The van der Waals surface area contributed by atoms with Crippen LogP contribution in [0.1, 0.15) is 10.6 Å². The Kier molecular flexibility index (Phi) is 2.99. The summed E-state index contributed by atoms with van der Waals surface area (Å²) in [6.07, 6.45) is 1.79. The van der Waals surface area contributed by atoms with Crippen molar-refractivity contribution in [3.05, 3.63) is 33.2 Å². The van der Waals surface area contributed by atoms with Gasteiger partial charge in [-0.3, -0.25) is 9.20 Å². The van der Waals surface area contributed by atoms with Crippen LogP contribution in [0.25, 0.3) is 4.96 Å². The predicted octanol–water partition coefficient (Wildman–Crippen LogP) is 1.06. The highest BCUT2D eigenvalue weighted by Gasteiger charge is 2.07. The summed E-state index contributed by atoms with van der Waals surface area (Å²) in [6.45, 7) is 1.95. The van der Waals surface area contributed by atoms with Crippen LogP contribution in [-0.4, -0.2) is 24.6 Å². The zero-order valence-electron chi connectivity index (χ0n) is 9.95. The summed E-state index contributed by atoms with van der Waals surface area (Å²) in [5.41, 5.74) is 6.08. The summed E-state index contributed by atoms with van der Waals surface area (Å²) in [6, 6.07) is 1.53. The van der Waals surface area contributed by atoms with E-state index < -0.39 is 0 Å². The van der Waals surface area contributed by atoms with Gasteiger partial charge in [0.25, 0.3) is 5.56 Å². The number of thioether (sulfide) groups is 1. The molecule has 0 radical (unpaired) electrons. The maximum atomic E-state index is 11.9. The number of nitrogens with zero attached hydrogens (tertiary/aromatic N) is 4. The summed E-state index contributed by atoms with van der Waals surface area (Å²) in [5, 5.41) is 7.02. The van der Waals surface area contributed by atoms with Gasteiger partial charge in [-0.15, -0.1) is 16.4 Å². The second-order valence-electron chi connectivity index (χ2n) is 3.87. The largest absolute Gasteiger partial charge is 0.368 e. The fourth-order valence-corrected chi connectivity index (χ4v) is 3.14. The van der Waals surface area contributed by atoms with Gasteiger partial charge in [0, 0.05) is 22.9 Å². The van der Waals surface area contributed by atoms with E-state index in [9.17, 15) is 4.79 Å². The molecule has 3 heterocycles. The molecule has 7 nitrogen and oxygen atoms in total. The van der Waals surface area contributed by atoms with Gasteiger partial charge >= 0.3 is 0 Å². The lowest BCUT2D eigenvalue weighted by molar-refractivity contribution is 0.970. The van der Waals surface area contributed by atoms with Gasteiger partial charge in [-0.2, -0.15) is 4.98 Å². The second kappa shape index (κ2) is 4.67. The third-order valence-corrected chi connectivity index (χ3v) is 4.15. The number of anilines is 1. The van der Waals surface area contributed by atoms with Crippen molar-refractivity contribution in [1.29, 1.82) is 0 Å². The Labute approximate surface area is 115 Å². The topological polar surface area (TPSA) is 102 Å². The Hall–Kier alpha value is -1.87. The standard InChI is InChI=1S/C10H10N6OS2/c1-5-3-16-7(17)2-6(12-10(16)19-5)4-18-9-13-8(11)14-15-9/h2-3H,4H2,1H3,(H3,11,13,14,15). The zero-order valence-corrected chi connectivity index (χ0v) is 11.6. The third kappa shape index (κ3) is 2.47. The molecule has 9 heteroatoms. The molecule has 0 bridgehead atoms. The maximum Gasteiger partial charge on any atom is 0.258 e. The normalized spacial score (nSPS) is 11.2. The number of H-pyrrole nitrogens is 1. The molecule has 98 valence electrons. The van der Waals surface area contributed by atoms with E-state index in [0.29, 0.717) is 21.6 Å². The van der Waals surface area contributed by atoms with Gasteiger partial charge in [-0.1, -0.05) is 11.8 Å². The number of aromatic amines is 1. The molecule has 3 N–H and O–H groups in total. The molecule has 0 saturated carbocycles. The van der Waals surface area contributed by atoms with Crippen molar-refractivity contribution in [2.24, 2.45) is 0 Å². The molecular formula is C10H10N6OS2. The van der Waals surface area contributed by atoms with Crippen molar-refractivity contribution >= 4 is 34.0 Å². The SMILES string of the molecule is Cc1cn2c(=O)cc(CSc3n[nH]c(N)n3)nc2s1. The smallest absolute Gasteiger partial charge is 0.258 e. The first kappa shape index (κ1) is 12.2. The number of thiazole rings is 1. The second-order valence-corrected chi connectivity index (χ2v) is 6.03. The molecule has 0 aliphatic heterocycles. The number of rotatable bonds is 3. The van der Waals surface area contributed by atoms with Crippen LogP contribution in [0.15, 0.2) is 22.2 Å². The predicted molar refractivity (Wildman–Crippen MR) is 74.4 cm³/mol. The highest BCUT2D eigenvalue weighted by atomic mass is 32.2. The Balaban J connectivity index is 1.87. The van der Waals surface area contributed by atoms with E-state index in [1.807, 2.05) is 6.92 Å². The summed E-state index contributed by atoms with van der Waals surface area (Å²) in [4.78, 5) is 22.1. The minimum absolute atomic E-state index is 0.0700. The van der Waals surface area contributed by atoms with E-state index in [0.717, 1.165) is 4.88 Å². The molecule has 3 rings (SSSR count). The lowest BCUT2D eigenvalue weighted by Crippen LogP contribution is -2.12. The van der Waals surface area contributed by atoms with E-state index in [-0.39, 0.29) is 11.5 Å². The highest BCUT2D eigenvalue weighted by Crippen LogP contribution is 2.19. The molecular weight excluding hydrogens is 284 g/mol. The van der Waals surface area contributed by atoms with Crippen molar-refractivity contribution in [1.82, 2.24) is 24.6 Å². The summed E-state index contributed by atoms with van der Waals surface area (Å²) in [5.74, 6) is 0.805. The van der Waals surface area contributed by atoms with Gasteiger partial charge in [0.15, 0.2) is 4.96 Å². The van der Waals surface area contributed by atoms with E-state index in [2.05, 4.69) is 20.2 Å². The number of aromatic nitrogens is 5. The van der Waals surface area contributed by atoms with Crippen LogP contribution < -0.4 is 11.3 Å². The van der Waals surface area contributed by atoms with Crippen LogP contribution in [0.3, 0.4) is 0 Å². The van der Waals surface area contributed by atoms with Gasteiger partial charge < -0.3 is 5.73 Å². The van der Waals surface area contributed by atoms with Crippen molar-refractivity contribution in [2.45, 2.75) is 17.8 Å². The number of hydrogen-bond acceptors (Lipinski definition) is 7. The van der Waals surface area contributed by atoms with E-state index in [1.54, 1.807) is 10.6 Å². The summed E-state index contributed by atoms with van der Waals surface area (Å²) < 4.78 is 1.55. The van der Waals surface area contributed by atoms with Crippen LogP contribution in [-0.2, 0) is 5.75 Å². The van der Waals surface area contributed by atoms with Gasteiger partial charge in [-0.25, -0.2) is 10.1 Å². The molecule has 0 saturated heterocycles. The molecule has 0 fully saturated rings. The van der Waals surface area contributed by atoms with Gasteiger partial charge in [0.2, 0.25) is 11.1 Å². The number of aryl methyl sites for hydroxylation is 1. The minimum atomic E-state index is -0.0700. The summed E-state index contributed by atoms with van der Waals surface area (Å²) >= 11 is 2.87. The van der Waals surface area contributed by atoms with Crippen molar-refractivity contribution in [2.75, 3.05) is 5.73 Å². The van der Waals surface area contributed by atoms with Crippen molar-refractivity contribution in [3.8, 4) is 0 Å². The van der Waals surface area contributed by atoms with Gasteiger partial charge in [0.1, 0.15) is 0 Å². The molecule has 0 aliphatic rings. The van der Waals surface area contributed by atoms with Gasteiger partial charge in [-0.05, 0) is 6.92 Å². The Morgan fingerprint density at radius 1 is 1.53 bits per heavy atom. The fraction of sp³-hybridized carbons (Fsp3) is 0.200. The zero-order chi connectivity index (χ0) is 13.4. The van der Waals surface area contributed by atoms with Crippen molar-refractivity contribution < 1.29 is 0 Å². The number of fused-ring (bicyclic) bond motifs is 1. The average molecular weight is 294 g/mol. The summed E-state index contributed by atoms with van der Waals surface area (Å²) in [7, 11) is 0. The number of nitrogen functional groups attached to an aromatic ring is 1. The molecule has 19 heavy (non-hydrogen) atoms. The van der Waals surface area contributed by atoms with E-state index in [1.165, 1.54) is 29.2 Å². The average Bonchev–Trinajstić information content (AvgIpc) is 2.92. The first-order chi connectivity index (χ1) is 9.11. The molecule has 0 atom stereocenters. The molecule has 0 unspecified atom stereocenters. The highest BCUT2D eigenvalue weighted by molar-refractivity contribution is 7.98. The molecule has 3 aromatic rings. The Bertz CT molecular complexity index is 789. The number of hydrogen-bond donors (Lipinski definition) is 2. The van der Waals surface area contributed by atoms with Crippen LogP contribution in [0, 0.1) is 6.92 Å². The molecule has 3 aromatic heterocycles. The molecule has 0 aliphatic carbocycles. The lowest BCUT2D eigenvalue weighted by Gasteiger charge is -1.98. The van der Waals surface area contributed by atoms with Crippen LogP contribution in [0.4, 0.5) is 5.95 Å². The maximum absolute atomic E-state index is 11.9. The fourth-order valence-electron chi connectivity index (χ4n) is 1.59. The minimum Gasteiger partial charge on any atom is -0.368 e. The van der Waals surface area contributed by atoms with E-state index in [4.69, 9.17) is 5.73 Å². The van der Waals surface area contributed by atoms with Crippen molar-refractivity contribution in [3.63, 3.8) is 0 Å². The van der Waals surface area contributed by atoms with Crippen LogP contribution in [0.2, 0.25) is 0 Å². The first-order valence-corrected chi connectivity index (χ1v) is 7.21. The first-order valence-electron chi connectivity index (χ1n) is 5.41. The third-order valence-electron chi connectivity index (χ3n) is 2.37. The molecule has 0 amide bonds. The Morgan fingerprint density at radius 3 is 3.11 bits per heavy atom. The van der Waals surface area contributed by atoms with Crippen LogP contribution >= 0.6 is 23.1 Å². The lowest BCUT2D eigenvalue weighted by atomic mass is 10.4. The number of nitrogens with one attached hydrogen (secondary N) is 1. The molecule has 0 aromatic carbocycles.